The molecule has 0 unspecified atom stereocenters. The Hall–Kier alpha value is -1.69. The zero-order chi connectivity index (χ0) is 20.9. The van der Waals surface area contributed by atoms with Crippen molar-refractivity contribution >= 4 is 0 Å². The van der Waals surface area contributed by atoms with Crippen LogP contribution in [-0.2, 0) is 11.3 Å². The molecular weight excluding hydrogens is 384 g/mol. The average Bonchev–Trinajstić information content (AvgIpc) is 3.58. The lowest BCUT2D eigenvalue weighted by atomic mass is 9.94. The van der Waals surface area contributed by atoms with Gasteiger partial charge in [0.25, 0.3) is 0 Å². The van der Waals surface area contributed by atoms with Crippen molar-refractivity contribution in [2.24, 2.45) is 5.92 Å². The lowest BCUT2D eigenvalue weighted by molar-refractivity contribution is 0.0540. The van der Waals surface area contributed by atoms with Crippen LogP contribution in [0.25, 0.3) is 5.69 Å². The van der Waals surface area contributed by atoms with Crippen LogP contribution in [0.1, 0.15) is 56.9 Å². The van der Waals surface area contributed by atoms with Crippen LogP contribution in [0.2, 0.25) is 0 Å². The molecule has 2 aromatic rings. The first-order valence-electron chi connectivity index (χ1n) is 12.5. The van der Waals surface area contributed by atoms with E-state index in [1.807, 2.05) is 10.9 Å². The van der Waals surface area contributed by atoms with Crippen LogP contribution in [-0.4, -0.2) is 64.5 Å². The number of hydrogen-bond donors (Lipinski definition) is 0. The monoisotopic (exact) mass is 422 g/mol. The summed E-state index contributed by atoms with van der Waals surface area (Å²) in [7, 11) is 0. The molecule has 5 nitrogen and oxygen atoms in total. The zero-order valence-corrected chi connectivity index (χ0v) is 18.9. The molecule has 5 rings (SSSR count). The van der Waals surface area contributed by atoms with Gasteiger partial charge in [-0.3, -0.25) is 4.90 Å². The van der Waals surface area contributed by atoms with Gasteiger partial charge in [0.1, 0.15) is 0 Å². The van der Waals surface area contributed by atoms with Gasteiger partial charge in [-0.1, -0.05) is 31.0 Å². The molecule has 168 valence electrons. The Morgan fingerprint density at radius 2 is 1.74 bits per heavy atom. The van der Waals surface area contributed by atoms with Crippen molar-refractivity contribution in [3.05, 3.63) is 48.3 Å². The highest BCUT2D eigenvalue weighted by Crippen LogP contribution is 2.28. The Morgan fingerprint density at radius 3 is 2.48 bits per heavy atom. The van der Waals surface area contributed by atoms with E-state index in [2.05, 4.69) is 51.4 Å². The third kappa shape index (κ3) is 5.57. The average molecular weight is 423 g/mol. The van der Waals surface area contributed by atoms with Crippen LogP contribution in [0, 0.1) is 5.92 Å². The predicted octanol–water partition coefficient (Wildman–Crippen LogP) is 4.51. The number of hydrogen-bond acceptors (Lipinski definition) is 4. The predicted molar refractivity (Wildman–Crippen MR) is 124 cm³/mol. The topological polar surface area (TPSA) is 33.5 Å². The largest absolute Gasteiger partial charge is 0.377 e. The minimum absolute atomic E-state index is 0.405. The fraction of sp³-hybridized carbons (Fsp3) is 0.654. The van der Waals surface area contributed by atoms with E-state index in [4.69, 9.17) is 4.74 Å². The number of ether oxygens (including phenoxy) is 1. The third-order valence-electron chi connectivity index (χ3n) is 7.56. The van der Waals surface area contributed by atoms with Crippen molar-refractivity contribution in [2.45, 2.75) is 70.1 Å². The first-order chi connectivity index (χ1) is 15.3. The summed E-state index contributed by atoms with van der Waals surface area (Å²) in [6.45, 7) is 6.75. The van der Waals surface area contributed by atoms with Crippen molar-refractivity contribution < 1.29 is 4.74 Å². The minimum atomic E-state index is 0.405. The van der Waals surface area contributed by atoms with Crippen LogP contribution < -0.4 is 0 Å². The molecule has 3 heterocycles. The minimum Gasteiger partial charge on any atom is -0.377 e. The molecule has 0 radical (unpaired) electrons. The molecular formula is C26H38N4O. The molecule has 1 aliphatic carbocycles. The van der Waals surface area contributed by atoms with Crippen LogP contribution in [0.15, 0.2) is 42.7 Å². The van der Waals surface area contributed by atoms with Gasteiger partial charge in [0.05, 0.1) is 18.0 Å². The Morgan fingerprint density at radius 1 is 0.935 bits per heavy atom. The molecule has 1 aromatic carbocycles. The Balaban J connectivity index is 1.19. The molecule has 2 saturated heterocycles. The summed E-state index contributed by atoms with van der Waals surface area (Å²) < 4.78 is 8.00. The maximum absolute atomic E-state index is 6.00. The molecule has 0 amide bonds. The lowest BCUT2D eigenvalue weighted by Gasteiger charge is -2.38. The highest BCUT2D eigenvalue weighted by atomic mass is 16.5. The van der Waals surface area contributed by atoms with Gasteiger partial charge in [0, 0.05) is 44.0 Å². The molecule has 0 N–H and O–H groups in total. The number of aromatic nitrogens is 2. The molecule has 3 fully saturated rings. The van der Waals surface area contributed by atoms with Gasteiger partial charge in [-0.05, 0) is 69.7 Å². The van der Waals surface area contributed by atoms with Gasteiger partial charge in [-0.2, -0.15) is 5.10 Å². The Kier molecular flexibility index (Phi) is 7.02. The summed E-state index contributed by atoms with van der Waals surface area (Å²) >= 11 is 0. The number of rotatable bonds is 8. The van der Waals surface area contributed by atoms with Crippen LogP contribution in [0.4, 0.5) is 0 Å². The van der Waals surface area contributed by atoms with Crippen LogP contribution >= 0.6 is 0 Å². The second kappa shape index (κ2) is 10.3. The second-order valence-electron chi connectivity index (χ2n) is 9.88. The molecule has 1 aromatic heterocycles. The first-order valence-corrected chi connectivity index (χ1v) is 12.5. The summed E-state index contributed by atoms with van der Waals surface area (Å²) in [6, 6.07) is 11.3. The summed E-state index contributed by atoms with van der Waals surface area (Å²) in [4.78, 5) is 5.44. The summed E-state index contributed by atoms with van der Waals surface area (Å²) in [5.74, 6) is 0.809. The van der Waals surface area contributed by atoms with E-state index >= 15 is 0 Å². The Bertz CT molecular complexity index is 787. The van der Waals surface area contributed by atoms with Crippen molar-refractivity contribution in [1.29, 1.82) is 0 Å². The van der Waals surface area contributed by atoms with Gasteiger partial charge < -0.3 is 9.64 Å². The second-order valence-corrected chi connectivity index (χ2v) is 9.88. The number of nitrogens with zero attached hydrogens (tertiary/aromatic N) is 4. The molecule has 5 heteroatoms. The van der Waals surface area contributed by atoms with Gasteiger partial charge in [-0.15, -0.1) is 0 Å². The molecule has 31 heavy (non-hydrogen) atoms. The fourth-order valence-corrected chi connectivity index (χ4v) is 5.84. The zero-order valence-electron chi connectivity index (χ0n) is 18.9. The van der Waals surface area contributed by atoms with Crippen molar-refractivity contribution in [2.75, 3.05) is 32.8 Å². The number of para-hydroxylation sites is 1. The van der Waals surface area contributed by atoms with Gasteiger partial charge in [0.15, 0.2) is 0 Å². The van der Waals surface area contributed by atoms with Crippen molar-refractivity contribution in [3.63, 3.8) is 0 Å². The molecule has 1 atom stereocenters. The molecule has 0 spiro atoms. The molecule has 2 aliphatic heterocycles. The van der Waals surface area contributed by atoms with E-state index in [-0.39, 0.29) is 0 Å². The van der Waals surface area contributed by atoms with E-state index in [0.717, 1.165) is 37.3 Å². The molecule has 1 saturated carbocycles. The van der Waals surface area contributed by atoms with Gasteiger partial charge in [0.2, 0.25) is 0 Å². The standard InChI is InChI=1S/C26H38N4O/c1-2-9-25(10-3-1)30-20-23(17-27-30)19-28(21-26-11-6-16-31-26)18-22-12-14-29(15-13-22)24-7-4-5-8-24/h1-3,9-10,17,20,22,24,26H,4-8,11-16,18-19,21H2/t26-/m1/s1. The van der Waals surface area contributed by atoms with Crippen molar-refractivity contribution in [1.82, 2.24) is 19.6 Å². The number of likely N-dealkylation sites (tertiary alicyclic amines) is 1. The normalized spacial score (nSPS) is 23.8. The number of piperidine rings is 1. The number of benzene rings is 1. The summed E-state index contributed by atoms with van der Waals surface area (Å²) in [5.41, 5.74) is 2.42. The third-order valence-corrected chi connectivity index (χ3v) is 7.56. The van der Waals surface area contributed by atoms with Gasteiger partial charge >= 0.3 is 0 Å². The van der Waals surface area contributed by atoms with E-state index in [1.165, 1.54) is 76.6 Å². The van der Waals surface area contributed by atoms with E-state index < -0.39 is 0 Å². The Labute approximate surface area is 187 Å². The highest BCUT2D eigenvalue weighted by Gasteiger charge is 2.29. The highest BCUT2D eigenvalue weighted by molar-refractivity contribution is 5.30. The smallest absolute Gasteiger partial charge is 0.0702 e. The van der Waals surface area contributed by atoms with E-state index in [0.29, 0.717) is 6.10 Å². The lowest BCUT2D eigenvalue weighted by Crippen LogP contribution is -2.43. The quantitative estimate of drug-likeness (QED) is 0.627. The summed E-state index contributed by atoms with van der Waals surface area (Å²) in [6.07, 6.45) is 15.5. The first kappa shape index (κ1) is 21.2. The van der Waals surface area contributed by atoms with Gasteiger partial charge in [-0.25, -0.2) is 4.68 Å². The maximum Gasteiger partial charge on any atom is 0.0702 e. The fourth-order valence-electron chi connectivity index (χ4n) is 5.84. The van der Waals surface area contributed by atoms with E-state index in [9.17, 15) is 0 Å². The summed E-state index contributed by atoms with van der Waals surface area (Å²) in [5, 5.41) is 4.62. The SMILES string of the molecule is c1ccc(-n2cc(CN(CC3CCN(C4CCCC4)CC3)C[C@H]3CCCO3)cn2)cc1. The van der Waals surface area contributed by atoms with Crippen molar-refractivity contribution in [3.8, 4) is 5.69 Å². The molecule has 3 aliphatic rings. The van der Waals surface area contributed by atoms with Crippen LogP contribution in [0.5, 0.6) is 0 Å². The molecule has 0 bridgehead atoms. The van der Waals surface area contributed by atoms with E-state index in [1.54, 1.807) is 0 Å². The van der Waals surface area contributed by atoms with Crippen LogP contribution in [0.3, 0.4) is 0 Å². The maximum atomic E-state index is 6.00.